The van der Waals surface area contributed by atoms with Crippen LogP contribution in [0.25, 0.3) is 0 Å². The first-order valence-corrected chi connectivity index (χ1v) is 7.51. The summed E-state index contributed by atoms with van der Waals surface area (Å²) in [4.78, 5) is 2.52. The first kappa shape index (κ1) is 14.1. The third kappa shape index (κ3) is 3.81. The van der Waals surface area contributed by atoms with Crippen molar-refractivity contribution in [2.24, 2.45) is 5.92 Å². The molecule has 0 aromatic heterocycles. The molecule has 2 unspecified atom stereocenters. The molecule has 102 valence electrons. The predicted molar refractivity (Wildman–Crippen MR) is 78.6 cm³/mol. The van der Waals surface area contributed by atoms with Gasteiger partial charge in [0.05, 0.1) is 12.5 Å². The zero-order valence-electron chi connectivity index (χ0n) is 11.9. The number of rotatable bonds is 4. The van der Waals surface area contributed by atoms with Gasteiger partial charge in [-0.3, -0.25) is 4.90 Å². The summed E-state index contributed by atoms with van der Waals surface area (Å²) < 4.78 is 0. The standard InChI is InChI=1S/C17H24N2/c1-2-15-7-6-13-19(14-11-15)17(10-12-18)16-8-4-3-5-9-16/h3-5,8-9,15,17H,2,6-7,10-11,13-14H2,1H3. The van der Waals surface area contributed by atoms with Gasteiger partial charge in [-0.05, 0) is 43.8 Å². The summed E-state index contributed by atoms with van der Waals surface area (Å²) in [5, 5.41) is 9.12. The van der Waals surface area contributed by atoms with Gasteiger partial charge in [-0.1, -0.05) is 43.7 Å². The number of nitrogens with zero attached hydrogens (tertiary/aromatic N) is 2. The Morgan fingerprint density at radius 3 is 2.74 bits per heavy atom. The summed E-state index contributed by atoms with van der Waals surface area (Å²) in [5.41, 5.74) is 1.29. The van der Waals surface area contributed by atoms with Crippen molar-refractivity contribution in [1.29, 1.82) is 5.26 Å². The lowest BCUT2D eigenvalue weighted by atomic mass is 9.98. The smallest absolute Gasteiger partial charge is 0.0641 e. The molecular weight excluding hydrogens is 232 g/mol. The highest BCUT2D eigenvalue weighted by Gasteiger charge is 2.23. The quantitative estimate of drug-likeness (QED) is 0.809. The molecule has 1 aromatic rings. The second kappa shape index (κ2) is 7.31. The van der Waals surface area contributed by atoms with Crippen LogP contribution < -0.4 is 0 Å². The van der Waals surface area contributed by atoms with Gasteiger partial charge in [-0.2, -0.15) is 5.26 Å². The molecule has 0 bridgehead atoms. The van der Waals surface area contributed by atoms with E-state index >= 15 is 0 Å². The van der Waals surface area contributed by atoms with E-state index in [1.165, 1.54) is 31.2 Å². The minimum atomic E-state index is 0.279. The molecule has 0 amide bonds. The van der Waals surface area contributed by atoms with Crippen LogP contribution in [0.3, 0.4) is 0 Å². The summed E-state index contributed by atoms with van der Waals surface area (Å²) in [5.74, 6) is 0.878. The second-order valence-electron chi connectivity index (χ2n) is 5.53. The Labute approximate surface area is 117 Å². The second-order valence-corrected chi connectivity index (χ2v) is 5.53. The Hall–Kier alpha value is -1.33. The summed E-state index contributed by atoms with van der Waals surface area (Å²) in [6, 6.07) is 13.2. The predicted octanol–water partition coefficient (Wildman–Crippen LogP) is 4.15. The van der Waals surface area contributed by atoms with E-state index in [9.17, 15) is 0 Å². The average molecular weight is 256 g/mol. The Morgan fingerprint density at radius 1 is 1.26 bits per heavy atom. The van der Waals surface area contributed by atoms with Crippen molar-refractivity contribution in [2.45, 2.75) is 45.1 Å². The van der Waals surface area contributed by atoms with Crippen molar-refractivity contribution in [1.82, 2.24) is 4.90 Å². The number of likely N-dealkylation sites (tertiary alicyclic amines) is 1. The van der Waals surface area contributed by atoms with Crippen LogP contribution in [0.4, 0.5) is 0 Å². The molecule has 2 atom stereocenters. The van der Waals surface area contributed by atoms with E-state index < -0.39 is 0 Å². The van der Waals surface area contributed by atoms with Crippen LogP contribution in [0.5, 0.6) is 0 Å². The molecule has 0 spiro atoms. The molecule has 1 heterocycles. The first-order valence-electron chi connectivity index (χ1n) is 7.51. The molecule has 2 rings (SSSR count). The van der Waals surface area contributed by atoms with Crippen LogP contribution in [0, 0.1) is 17.2 Å². The maximum atomic E-state index is 9.12. The lowest BCUT2D eigenvalue weighted by Gasteiger charge is -2.29. The van der Waals surface area contributed by atoms with Gasteiger partial charge in [-0.25, -0.2) is 0 Å². The summed E-state index contributed by atoms with van der Waals surface area (Å²) >= 11 is 0. The normalized spacial score (nSPS) is 22.4. The molecule has 0 saturated carbocycles. The molecule has 19 heavy (non-hydrogen) atoms. The van der Waals surface area contributed by atoms with Crippen LogP contribution in [0.15, 0.2) is 30.3 Å². The average Bonchev–Trinajstić information content (AvgIpc) is 2.71. The third-order valence-electron chi connectivity index (χ3n) is 4.37. The molecule has 2 heteroatoms. The van der Waals surface area contributed by atoms with Crippen LogP contribution >= 0.6 is 0 Å². The summed E-state index contributed by atoms with van der Waals surface area (Å²) in [7, 11) is 0. The molecule has 1 aromatic carbocycles. The van der Waals surface area contributed by atoms with E-state index in [4.69, 9.17) is 5.26 Å². The van der Waals surface area contributed by atoms with Crippen LogP contribution in [0.1, 0.15) is 50.6 Å². The lowest BCUT2D eigenvalue weighted by molar-refractivity contribution is 0.204. The monoisotopic (exact) mass is 256 g/mol. The summed E-state index contributed by atoms with van der Waals surface area (Å²) in [6.07, 6.45) is 5.79. The van der Waals surface area contributed by atoms with E-state index in [1.54, 1.807) is 0 Å². The minimum absolute atomic E-state index is 0.279. The van der Waals surface area contributed by atoms with Crippen LogP contribution in [-0.2, 0) is 0 Å². The van der Waals surface area contributed by atoms with Crippen LogP contribution in [0.2, 0.25) is 0 Å². The molecule has 0 aliphatic carbocycles. The Kier molecular flexibility index (Phi) is 5.42. The van der Waals surface area contributed by atoms with Crippen molar-refractivity contribution in [3.8, 4) is 6.07 Å². The molecule has 1 fully saturated rings. The van der Waals surface area contributed by atoms with Crippen molar-refractivity contribution in [2.75, 3.05) is 13.1 Å². The van der Waals surface area contributed by atoms with E-state index in [0.29, 0.717) is 6.42 Å². The third-order valence-corrected chi connectivity index (χ3v) is 4.37. The van der Waals surface area contributed by atoms with E-state index in [0.717, 1.165) is 19.0 Å². The number of nitriles is 1. The summed E-state index contributed by atoms with van der Waals surface area (Å²) in [6.45, 7) is 4.57. The van der Waals surface area contributed by atoms with Crippen molar-refractivity contribution < 1.29 is 0 Å². The van der Waals surface area contributed by atoms with Crippen molar-refractivity contribution in [3.63, 3.8) is 0 Å². The first-order chi connectivity index (χ1) is 9.35. The van der Waals surface area contributed by atoms with E-state index in [-0.39, 0.29) is 6.04 Å². The molecular formula is C17H24N2. The van der Waals surface area contributed by atoms with Crippen molar-refractivity contribution >= 4 is 0 Å². The number of hydrogen-bond acceptors (Lipinski definition) is 2. The van der Waals surface area contributed by atoms with Gasteiger partial charge in [0.25, 0.3) is 0 Å². The largest absolute Gasteiger partial charge is 0.295 e. The molecule has 2 nitrogen and oxygen atoms in total. The van der Waals surface area contributed by atoms with Gasteiger partial charge in [0.2, 0.25) is 0 Å². The zero-order chi connectivity index (χ0) is 13.5. The molecule has 0 radical (unpaired) electrons. The van der Waals surface area contributed by atoms with Crippen LogP contribution in [-0.4, -0.2) is 18.0 Å². The van der Waals surface area contributed by atoms with Gasteiger partial charge in [0, 0.05) is 6.04 Å². The maximum Gasteiger partial charge on any atom is 0.0641 e. The highest BCUT2D eigenvalue weighted by Crippen LogP contribution is 2.29. The minimum Gasteiger partial charge on any atom is -0.295 e. The van der Waals surface area contributed by atoms with E-state index in [2.05, 4.69) is 42.2 Å². The highest BCUT2D eigenvalue weighted by atomic mass is 15.2. The fourth-order valence-corrected chi connectivity index (χ4v) is 3.13. The van der Waals surface area contributed by atoms with Gasteiger partial charge in [0.15, 0.2) is 0 Å². The lowest BCUT2D eigenvalue weighted by Crippen LogP contribution is -2.29. The highest BCUT2D eigenvalue weighted by molar-refractivity contribution is 5.20. The maximum absolute atomic E-state index is 9.12. The Balaban J connectivity index is 2.09. The van der Waals surface area contributed by atoms with Gasteiger partial charge >= 0.3 is 0 Å². The Bertz CT molecular complexity index is 407. The van der Waals surface area contributed by atoms with Gasteiger partial charge in [0.1, 0.15) is 0 Å². The van der Waals surface area contributed by atoms with E-state index in [1.807, 2.05) is 6.07 Å². The fourth-order valence-electron chi connectivity index (χ4n) is 3.13. The fraction of sp³-hybridized carbons (Fsp3) is 0.588. The van der Waals surface area contributed by atoms with Gasteiger partial charge in [-0.15, -0.1) is 0 Å². The zero-order valence-corrected chi connectivity index (χ0v) is 11.9. The van der Waals surface area contributed by atoms with Gasteiger partial charge < -0.3 is 0 Å². The molecule has 1 aliphatic rings. The Morgan fingerprint density at radius 2 is 2.05 bits per heavy atom. The van der Waals surface area contributed by atoms with Crippen molar-refractivity contribution in [3.05, 3.63) is 35.9 Å². The molecule has 0 N–H and O–H groups in total. The number of hydrogen-bond donors (Lipinski definition) is 0. The topological polar surface area (TPSA) is 27.0 Å². The number of benzene rings is 1. The SMILES string of the molecule is CCC1CCCN(C(CC#N)c2ccccc2)CC1. The molecule has 1 saturated heterocycles. The molecule has 1 aliphatic heterocycles.